The molecule has 0 spiro atoms. The van der Waals surface area contributed by atoms with Crippen molar-refractivity contribution in [3.05, 3.63) is 35.6 Å². The molecule has 200 valence electrons. The maximum Gasteiger partial charge on any atom is 0.136 e. The Morgan fingerprint density at radius 2 is 1.67 bits per heavy atom. The third kappa shape index (κ3) is 4.62. The molecule has 0 amide bonds. The van der Waals surface area contributed by atoms with Crippen molar-refractivity contribution in [3.63, 3.8) is 0 Å². The molecule has 0 bridgehead atoms. The SMILES string of the molecule is CC(C)CCC[C@@H](C)[C@H]1CC[C@H]2[C@@H]3CC[C@H]4[C@H](Cc5cccc(F)c5)C(=O)CC[C@]4(C)[C@H]3CC[C@]12C. The molecule has 4 aliphatic rings. The molecule has 0 aliphatic heterocycles. The smallest absolute Gasteiger partial charge is 0.136 e. The Bertz CT molecular complexity index is 937. The summed E-state index contributed by atoms with van der Waals surface area (Å²) in [5.74, 6) is 5.89. The van der Waals surface area contributed by atoms with Gasteiger partial charge in [-0.3, -0.25) is 4.79 Å². The molecule has 4 fully saturated rings. The van der Waals surface area contributed by atoms with Gasteiger partial charge in [0.25, 0.3) is 0 Å². The molecule has 0 aromatic heterocycles. The molecule has 5 rings (SSSR count). The fourth-order valence-electron chi connectivity index (χ4n) is 10.5. The van der Waals surface area contributed by atoms with Gasteiger partial charge in [-0.25, -0.2) is 4.39 Å². The Hall–Kier alpha value is -1.18. The number of Topliss-reactive ketones (excluding diaryl/α,β-unsaturated/α-hetero) is 1. The first kappa shape index (κ1) is 26.4. The van der Waals surface area contributed by atoms with E-state index in [0.717, 1.165) is 60.3 Å². The van der Waals surface area contributed by atoms with Gasteiger partial charge in [-0.1, -0.05) is 66.0 Å². The van der Waals surface area contributed by atoms with E-state index in [4.69, 9.17) is 0 Å². The van der Waals surface area contributed by atoms with Crippen LogP contribution in [0.5, 0.6) is 0 Å². The van der Waals surface area contributed by atoms with Gasteiger partial charge in [0.05, 0.1) is 0 Å². The molecule has 4 saturated carbocycles. The quantitative estimate of drug-likeness (QED) is 0.369. The molecular weight excluding hydrogens is 443 g/mol. The van der Waals surface area contributed by atoms with E-state index >= 15 is 0 Å². The predicted octanol–water partition coefficient (Wildman–Crippen LogP) is 9.28. The van der Waals surface area contributed by atoms with Gasteiger partial charge in [0.1, 0.15) is 11.6 Å². The Morgan fingerprint density at radius 1 is 0.917 bits per heavy atom. The summed E-state index contributed by atoms with van der Waals surface area (Å²) in [4.78, 5) is 13.2. The number of hydrogen-bond donors (Lipinski definition) is 0. The van der Waals surface area contributed by atoms with Gasteiger partial charge in [0.2, 0.25) is 0 Å². The van der Waals surface area contributed by atoms with E-state index in [-0.39, 0.29) is 17.2 Å². The Kier molecular flexibility index (Phi) is 7.47. The summed E-state index contributed by atoms with van der Waals surface area (Å²) in [6, 6.07) is 6.98. The number of halogens is 1. The Morgan fingerprint density at radius 3 is 2.42 bits per heavy atom. The lowest BCUT2D eigenvalue weighted by Gasteiger charge is -2.62. The van der Waals surface area contributed by atoms with Gasteiger partial charge < -0.3 is 0 Å². The van der Waals surface area contributed by atoms with Crippen LogP contribution in [0.3, 0.4) is 0 Å². The zero-order chi connectivity index (χ0) is 25.7. The highest BCUT2D eigenvalue weighted by atomic mass is 19.1. The van der Waals surface area contributed by atoms with Crippen LogP contribution in [-0.2, 0) is 11.2 Å². The summed E-state index contributed by atoms with van der Waals surface area (Å²) in [7, 11) is 0. The van der Waals surface area contributed by atoms with Crippen LogP contribution in [-0.4, -0.2) is 5.78 Å². The van der Waals surface area contributed by atoms with Crippen molar-refractivity contribution in [1.82, 2.24) is 0 Å². The van der Waals surface area contributed by atoms with Crippen LogP contribution in [0, 0.1) is 64.0 Å². The van der Waals surface area contributed by atoms with Crippen LogP contribution >= 0.6 is 0 Å². The fourth-order valence-corrected chi connectivity index (χ4v) is 10.5. The third-order valence-corrected chi connectivity index (χ3v) is 12.3. The van der Waals surface area contributed by atoms with E-state index in [0.29, 0.717) is 17.1 Å². The summed E-state index contributed by atoms with van der Waals surface area (Å²) < 4.78 is 13.9. The molecule has 36 heavy (non-hydrogen) atoms. The summed E-state index contributed by atoms with van der Waals surface area (Å²) in [6.45, 7) is 12.5. The van der Waals surface area contributed by atoms with E-state index < -0.39 is 0 Å². The number of hydrogen-bond acceptors (Lipinski definition) is 1. The molecule has 0 N–H and O–H groups in total. The highest BCUT2D eigenvalue weighted by Crippen LogP contribution is 2.68. The number of carbonyl (C=O) groups is 1. The van der Waals surface area contributed by atoms with Crippen molar-refractivity contribution in [3.8, 4) is 0 Å². The minimum atomic E-state index is -0.178. The zero-order valence-electron chi connectivity index (χ0n) is 23.7. The maximum atomic E-state index is 13.9. The molecule has 1 aromatic rings. The van der Waals surface area contributed by atoms with E-state index in [1.54, 1.807) is 12.1 Å². The number of benzene rings is 1. The number of ketones is 1. The normalized spacial score (nSPS) is 41.0. The molecule has 1 aromatic carbocycles. The van der Waals surface area contributed by atoms with Crippen LogP contribution in [0.4, 0.5) is 4.39 Å². The van der Waals surface area contributed by atoms with Crippen molar-refractivity contribution in [2.75, 3.05) is 0 Å². The number of carbonyl (C=O) groups excluding carboxylic acids is 1. The number of fused-ring (bicyclic) bond motifs is 5. The molecule has 0 heterocycles. The molecule has 0 saturated heterocycles. The first-order valence-corrected chi connectivity index (χ1v) is 15.4. The van der Waals surface area contributed by atoms with Gasteiger partial charge in [0, 0.05) is 12.3 Å². The average Bonchev–Trinajstić information content (AvgIpc) is 3.18. The summed E-state index contributed by atoms with van der Waals surface area (Å²) in [5, 5.41) is 0. The minimum absolute atomic E-state index is 0.0807. The third-order valence-electron chi connectivity index (χ3n) is 12.3. The van der Waals surface area contributed by atoms with E-state index in [2.05, 4.69) is 34.6 Å². The lowest BCUT2D eigenvalue weighted by molar-refractivity contribution is -0.152. The largest absolute Gasteiger partial charge is 0.299 e. The van der Waals surface area contributed by atoms with E-state index in [1.807, 2.05) is 6.07 Å². The second-order valence-electron chi connectivity index (χ2n) is 14.5. The van der Waals surface area contributed by atoms with Crippen molar-refractivity contribution >= 4 is 5.78 Å². The predicted molar refractivity (Wildman–Crippen MR) is 147 cm³/mol. The lowest BCUT2D eigenvalue weighted by atomic mass is 9.43. The molecule has 9 atom stereocenters. The topological polar surface area (TPSA) is 17.1 Å². The van der Waals surface area contributed by atoms with Crippen LogP contribution in [0.25, 0.3) is 0 Å². The van der Waals surface area contributed by atoms with Crippen molar-refractivity contribution < 1.29 is 9.18 Å². The van der Waals surface area contributed by atoms with E-state index in [9.17, 15) is 9.18 Å². The molecule has 4 aliphatic carbocycles. The van der Waals surface area contributed by atoms with Gasteiger partial charge in [0.15, 0.2) is 0 Å². The fraction of sp³-hybridized carbons (Fsp3) is 0.794. The average molecular weight is 495 g/mol. The van der Waals surface area contributed by atoms with Crippen molar-refractivity contribution in [1.29, 1.82) is 0 Å². The van der Waals surface area contributed by atoms with Gasteiger partial charge >= 0.3 is 0 Å². The van der Waals surface area contributed by atoms with Crippen molar-refractivity contribution in [2.24, 2.45) is 58.2 Å². The maximum absolute atomic E-state index is 13.9. The summed E-state index contributed by atoms with van der Waals surface area (Å²) in [5.41, 5.74) is 1.80. The van der Waals surface area contributed by atoms with Crippen LogP contribution in [0.1, 0.15) is 111 Å². The van der Waals surface area contributed by atoms with Crippen molar-refractivity contribution in [2.45, 2.75) is 112 Å². The first-order chi connectivity index (χ1) is 17.1. The summed E-state index contributed by atoms with van der Waals surface area (Å²) in [6.07, 6.45) is 14.8. The highest BCUT2D eigenvalue weighted by molar-refractivity contribution is 5.82. The highest BCUT2D eigenvalue weighted by Gasteiger charge is 2.61. The van der Waals surface area contributed by atoms with E-state index in [1.165, 1.54) is 63.9 Å². The van der Waals surface area contributed by atoms with Gasteiger partial charge in [-0.15, -0.1) is 0 Å². The molecule has 0 unspecified atom stereocenters. The monoisotopic (exact) mass is 494 g/mol. The Labute approximate surface area is 220 Å². The second kappa shape index (κ2) is 10.2. The lowest BCUT2D eigenvalue weighted by Crippen LogP contribution is -2.56. The van der Waals surface area contributed by atoms with Gasteiger partial charge in [-0.2, -0.15) is 0 Å². The standard InChI is InChI=1S/C34H51FO/c1-22(2)8-6-9-23(3)28-14-15-29-26-12-13-30-27(21-24-10-7-11-25(35)20-24)32(36)17-19-34(30,5)31(26)16-18-33(28,29)4/h7,10-11,20,22-23,26-31H,6,8-9,12-19,21H2,1-5H3/t23-,26+,27+,28-,29+,30+,31+,33-,34+/m1/s1. The van der Waals surface area contributed by atoms with Crippen LogP contribution in [0.15, 0.2) is 24.3 Å². The van der Waals surface area contributed by atoms with Gasteiger partial charge in [-0.05, 0) is 121 Å². The van der Waals surface area contributed by atoms with Crippen LogP contribution in [0.2, 0.25) is 0 Å². The Balaban J connectivity index is 1.32. The second-order valence-corrected chi connectivity index (χ2v) is 14.5. The molecule has 0 radical (unpaired) electrons. The summed E-state index contributed by atoms with van der Waals surface area (Å²) >= 11 is 0. The molecular formula is C34H51FO. The first-order valence-electron chi connectivity index (χ1n) is 15.4. The number of rotatable bonds is 7. The zero-order valence-corrected chi connectivity index (χ0v) is 23.7. The van der Waals surface area contributed by atoms with Crippen LogP contribution < -0.4 is 0 Å². The minimum Gasteiger partial charge on any atom is -0.299 e. The molecule has 2 heteroatoms. The molecule has 1 nitrogen and oxygen atoms in total.